The van der Waals surface area contributed by atoms with Crippen molar-refractivity contribution in [3.8, 4) is 0 Å². The fourth-order valence-corrected chi connectivity index (χ4v) is 4.16. The van der Waals surface area contributed by atoms with Gasteiger partial charge in [-0.05, 0) is 37.6 Å². The molecule has 156 valence electrons. The maximum absolute atomic E-state index is 12.3. The Hall–Kier alpha value is -2.83. The van der Waals surface area contributed by atoms with Crippen LogP contribution in [-0.2, 0) is 7.05 Å². The third-order valence-corrected chi connectivity index (χ3v) is 5.91. The second-order valence-electron chi connectivity index (χ2n) is 7.95. The van der Waals surface area contributed by atoms with E-state index in [1.807, 2.05) is 50.4 Å². The average molecular weight is 424 g/mol. The number of nitrogens with one attached hydrogen (secondary N) is 1. The molecule has 1 atom stereocenters. The minimum absolute atomic E-state index is 0.0215. The van der Waals surface area contributed by atoms with E-state index >= 15 is 0 Å². The van der Waals surface area contributed by atoms with Crippen LogP contribution in [0.4, 0.5) is 5.69 Å². The van der Waals surface area contributed by atoms with E-state index in [0.717, 1.165) is 41.3 Å². The van der Waals surface area contributed by atoms with Gasteiger partial charge in [-0.25, -0.2) is 0 Å². The summed E-state index contributed by atoms with van der Waals surface area (Å²) in [6.45, 7) is 9.79. The van der Waals surface area contributed by atoms with E-state index in [0.29, 0.717) is 16.3 Å². The van der Waals surface area contributed by atoms with Crippen molar-refractivity contribution in [3.05, 3.63) is 86.6 Å². The van der Waals surface area contributed by atoms with Crippen LogP contribution in [-0.4, -0.2) is 29.4 Å². The van der Waals surface area contributed by atoms with E-state index in [1.165, 1.54) is 0 Å². The first kappa shape index (κ1) is 20.4. The molecule has 0 bridgehead atoms. The minimum atomic E-state index is -0.205. The molecule has 2 aliphatic rings. The standard InChI is InChI=1S/C23H26ClN5O/c1-13-9-19(12-28(4)23(13)30)29-15(3)21(27-18-10-26-11-18)20(14(2)25)22(29)16-5-7-17(24)8-6-16/h5-9,12,18,22,26H,3,10-11,25H2,1-2,4H3. The van der Waals surface area contributed by atoms with E-state index in [1.54, 1.807) is 11.6 Å². The Bertz CT molecular complexity index is 1100. The third-order valence-electron chi connectivity index (χ3n) is 5.66. The van der Waals surface area contributed by atoms with Crippen LogP contribution in [0.2, 0.25) is 5.02 Å². The number of nitrogens with zero attached hydrogens (tertiary/aromatic N) is 3. The lowest BCUT2D eigenvalue weighted by Gasteiger charge is -2.28. The van der Waals surface area contributed by atoms with Crippen LogP contribution in [0.5, 0.6) is 0 Å². The maximum Gasteiger partial charge on any atom is 0.253 e. The highest BCUT2D eigenvalue weighted by Gasteiger charge is 2.41. The molecule has 0 aliphatic carbocycles. The Morgan fingerprint density at radius 2 is 1.97 bits per heavy atom. The van der Waals surface area contributed by atoms with E-state index in [9.17, 15) is 4.79 Å². The number of anilines is 1. The Morgan fingerprint density at radius 3 is 2.50 bits per heavy atom. The van der Waals surface area contributed by atoms with Crippen molar-refractivity contribution in [1.82, 2.24) is 9.88 Å². The maximum atomic E-state index is 12.3. The van der Waals surface area contributed by atoms with Crippen molar-refractivity contribution in [2.45, 2.75) is 25.9 Å². The van der Waals surface area contributed by atoms with Crippen molar-refractivity contribution in [3.63, 3.8) is 0 Å². The second-order valence-corrected chi connectivity index (χ2v) is 8.39. The van der Waals surface area contributed by atoms with Gasteiger partial charge in [0.2, 0.25) is 0 Å². The molecule has 2 aromatic rings. The first-order chi connectivity index (χ1) is 14.3. The van der Waals surface area contributed by atoms with Gasteiger partial charge in [-0.1, -0.05) is 30.3 Å². The van der Waals surface area contributed by atoms with Gasteiger partial charge in [-0.3, -0.25) is 9.79 Å². The molecule has 3 N–H and O–H groups in total. The summed E-state index contributed by atoms with van der Waals surface area (Å²) in [6, 6.07) is 9.64. The average Bonchev–Trinajstić information content (AvgIpc) is 2.95. The summed E-state index contributed by atoms with van der Waals surface area (Å²) < 4.78 is 1.60. The molecule has 0 amide bonds. The number of aliphatic imine (C=N–C) groups is 1. The Kier molecular flexibility index (Phi) is 5.30. The first-order valence-electron chi connectivity index (χ1n) is 9.94. The molecule has 1 aromatic carbocycles. The number of hydrogen-bond acceptors (Lipinski definition) is 5. The van der Waals surface area contributed by atoms with Gasteiger partial charge >= 0.3 is 0 Å². The highest BCUT2D eigenvalue weighted by molar-refractivity contribution is 6.30. The number of nitrogens with two attached hydrogens (primary N) is 1. The minimum Gasteiger partial charge on any atom is -0.402 e. The summed E-state index contributed by atoms with van der Waals surface area (Å²) >= 11 is 6.15. The van der Waals surface area contributed by atoms with Crippen molar-refractivity contribution in [2.75, 3.05) is 18.0 Å². The Labute approximate surface area is 181 Å². The predicted molar refractivity (Wildman–Crippen MR) is 123 cm³/mol. The molecule has 3 heterocycles. The molecule has 30 heavy (non-hydrogen) atoms. The number of aryl methyl sites for hydroxylation is 2. The molecule has 2 saturated heterocycles. The lowest BCUT2D eigenvalue weighted by molar-refractivity contribution is 0.448. The van der Waals surface area contributed by atoms with Gasteiger partial charge < -0.3 is 20.5 Å². The molecule has 2 aliphatic heterocycles. The highest BCUT2D eigenvalue weighted by Crippen LogP contribution is 2.44. The van der Waals surface area contributed by atoms with Gasteiger partial charge in [0.15, 0.2) is 0 Å². The molecular weight excluding hydrogens is 398 g/mol. The normalized spacial score (nSPS) is 22.5. The van der Waals surface area contributed by atoms with Crippen LogP contribution in [0.15, 0.2) is 69.9 Å². The SMILES string of the molecule is C=C1C(=NC2CNC2)C(=C(C)N)C(c2ccc(Cl)cc2)N1c1cc(C)c(=O)n(C)c1. The van der Waals surface area contributed by atoms with Crippen LogP contribution in [0.1, 0.15) is 24.1 Å². The number of benzene rings is 1. The summed E-state index contributed by atoms with van der Waals surface area (Å²) in [5.41, 5.74) is 12.2. The van der Waals surface area contributed by atoms with Crippen LogP contribution in [0.25, 0.3) is 0 Å². The van der Waals surface area contributed by atoms with E-state index < -0.39 is 0 Å². The zero-order valence-corrected chi connectivity index (χ0v) is 18.2. The second kappa shape index (κ2) is 7.78. The van der Waals surface area contributed by atoms with E-state index in [-0.39, 0.29) is 17.6 Å². The molecule has 0 radical (unpaired) electrons. The van der Waals surface area contributed by atoms with Gasteiger partial charge in [-0.2, -0.15) is 0 Å². The number of aromatic nitrogens is 1. The van der Waals surface area contributed by atoms with Crippen LogP contribution in [0, 0.1) is 6.92 Å². The zero-order chi connectivity index (χ0) is 21.6. The molecule has 0 saturated carbocycles. The third kappa shape index (κ3) is 3.46. The van der Waals surface area contributed by atoms with Crippen molar-refractivity contribution in [1.29, 1.82) is 0 Å². The van der Waals surface area contributed by atoms with E-state index in [2.05, 4.69) is 16.8 Å². The zero-order valence-electron chi connectivity index (χ0n) is 17.4. The summed E-state index contributed by atoms with van der Waals surface area (Å²) in [5.74, 6) is 0. The largest absolute Gasteiger partial charge is 0.402 e. The van der Waals surface area contributed by atoms with Crippen LogP contribution < -0.4 is 21.5 Å². The van der Waals surface area contributed by atoms with Gasteiger partial charge in [0, 0.05) is 48.2 Å². The lowest BCUT2D eigenvalue weighted by Crippen LogP contribution is -2.46. The molecule has 6 nitrogen and oxygen atoms in total. The topological polar surface area (TPSA) is 75.7 Å². The fraction of sp³-hybridized carbons (Fsp3) is 0.304. The molecular formula is C23H26ClN5O. The van der Waals surface area contributed by atoms with Crippen molar-refractivity contribution in [2.24, 2.45) is 17.8 Å². The van der Waals surface area contributed by atoms with E-state index in [4.69, 9.17) is 22.3 Å². The van der Waals surface area contributed by atoms with Crippen molar-refractivity contribution < 1.29 is 0 Å². The summed E-state index contributed by atoms with van der Waals surface area (Å²) in [5, 5.41) is 3.93. The van der Waals surface area contributed by atoms with Gasteiger partial charge in [0.25, 0.3) is 5.56 Å². The molecule has 1 unspecified atom stereocenters. The predicted octanol–water partition coefficient (Wildman–Crippen LogP) is 3.07. The monoisotopic (exact) mass is 423 g/mol. The van der Waals surface area contributed by atoms with Gasteiger partial charge in [-0.15, -0.1) is 0 Å². The lowest BCUT2D eigenvalue weighted by atomic mass is 9.96. The van der Waals surface area contributed by atoms with Gasteiger partial charge in [0.05, 0.1) is 29.2 Å². The Balaban J connectivity index is 1.94. The molecule has 0 spiro atoms. The van der Waals surface area contributed by atoms with Crippen LogP contribution in [0.3, 0.4) is 0 Å². The molecule has 1 aromatic heterocycles. The highest BCUT2D eigenvalue weighted by atomic mass is 35.5. The number of rotatable bonds is 3. The molecule has 7 heteroatoms. The number of pyridine rings is 1. The number of hydrogen-bond donors (Lipinski definition) is 2. The summed E-state index contributed by atoms with van der Waals surface area (Å²) in [7, 11) is 1.76. The smallest absolute Gasteiger partial charge is 0.253 e. The Morgan fingerprint density at radius 1 is 1.30 bits per heavy atom. The fourth-order valence-electron chi connectivity index (χ4n) is 4.03. The number of allylic oxidation sites excluding steroid dienone is 2. The van der Waals surface area contributed by atoms with Crippen LogP contribution >= 0.6 is 11.6 Å². The van der Waals surface area contributed by atoms with Crippen molar-refractivity contribution >= 4 is 23.0 Å². The molecule has 4 rings (SSSR count). The summed E-state index contributed by atoms with van der Waals surface area (Å²) in [4.78, 5) is 19.4. The quantitative estimate of drug-likeness (QED) is 0.795. The number of halogens is 1. The molecule has 2 fully saturated rings. The van der Waals surface area contributed by atoms with Gasteiger partial charge in [0.1, 0.15) is 0 Å². The summed E-state index contributed by atoms with van der Waals surface area (Å²) in [6.07, 6.45) is 1.83. The first-order valence-corrected chi connectivity index (χ1v) is 10.3.